The predicted molar refractivity (Wildman–Crippen MR) is 67.7 cm³/mol. The molecule has 0 bridgehead atoms. The molecule has 0 aromatic carbocycles. The summed E-state index contributed by atoms with van der Waals surface area (Å²) in [5.41, 5.74) is 0. The fourth-order valence-electron chi connectivity index (χ4n) is 1.26. The van der Waals surface area contributed by atoms with Crippen LogP contribution < -0.4 is 0 Å². The monoisotopic (exact) mass is 476 g/mol. The van der Waals surface area contributed by atoms with Crippen molar-refractivity contribution in [3.8, 4) is 0 Å². The summed E-state index contributed by atoms with van der Waals surface area (Å²) in [5, 5.41) is 0. The molecule has 0 radical (unpaired) electrons. The molecule has 2 heteroatoms. The van der Waals surface area contributed by atoms with Crippen molar-refractivity contribution in [2.45, 2.75) is 27.7 Å². The zero-order valence-corrected chi connectivity index (χ0v) is 16.2. The summed E-state index contributed by atoms with van der Waals surface area (Å²) in [7, 11) is 0. The van der Waals surface area contributed by atoms with E-state index in [1.165, 1.54) is 0 Å². The van der Waals surface area contributed by atoms with Gasteiger partial charge >= 0.3 is 61.4 Å². The summed E-state index contributed by atoms with van der Waals surface area (Å²) >= 11 is -1.67. The van der Waals surface area contributed by atoms with Crippen molar-refractivity contribution >= 4 is 18.4 Å². The average Bonchev–Trinajstić information content (AvgIpc) is 2.80. The van der Waals surface area contributed by atoms with Gasteiger partial charge in [0.15, 0.2) is 0 Å². The third-order valence-corrected chi connectivity index (χ3v) is 7.68. The second kappa shape index (κ2) is 7.83. The van der Waals surface area contributed by atoms with Gasteiger partial charge in [-0.2, -0.15) is 6.08 Å². The molecule has 0 fully saturated rings. The van der Waals surface area contributed by atoms with Gasteiger partial charge in [-0.25, -0.2) is 12.2 Å². The minimum atomic E-state index is -1.67. The summed E-state index contributed by atoms with van der Waals surface area (Å²) in [5.74, 6) is 0. The Bertz CT molecular complexity index is 289. The van der Waals surface area contributed by atoms with E-state index in [0.29, 0.717) is 0 Å². The van der Waals surface area contributed by atoms with Crippen LogP contribution in [-0.4, -0.2) is 18.4 Å². The van der Waals surface area contributed by atoms with Crippen LogP contribution in [-0.2, 0) is 25.8 Å². The van der Waals surface area contributed by atoms with Gasteiger partial charge in [-0.3, -0.25) is 6.08 Å². The Labute approximate surface area is 120 Å². The average molecular weight is 474 g/mol. The second-order valence-corrected chi connectivity index (χ2v) is 18.8. The number of allylic oxidation sites excluding steroid dienone is 8. The van der Waals surface area contributed by atoms with Crippen LogP contribution in [0.25, 0.3) is 0 Å². The summed E-state index contributed by atoms with van der Waals surface area (Å²) in [6, 6.07) is 0. The Morgan fingerprint density at radius 3 is 2.13 bits per heavy atom. The Morgan fingerprint density at radius 2 is 1.93 bits per heavy atom. The molecule has 0 saturated heterocycles. The van der Waals surface area contributed by atoms with Gasteiger partial charge in [0, 0.05) is 25.8 Å². The van der Waals surface area contributed by atoms with E-state index in [0.717, 1.165) is 12.8 Å². The molecule has 2 aliphatic rings. The van der Waals surface area contributed by atoms with Crippen LogP contribution in [0.4, 0.5) is 0 Å². The molecule has 0 heterocycles. The maximum atomic E-state index is 3.40. The Kier molecular flexibility index (Phi) is 8.16. The van der Waals surface area contributed by atoms with Crippen LogP contribution in [0.3, 0.4) is 0 Å². The van der Waals surface area contributed by atoms with Gasteiger partial charge < -0.3 is 2.85 Å². The summed E-state index contributed by atoms with van der Waals surface area (Å²) in [6.45, 7) is 0. The standard InChI is InChI=1S/C5H5.C5H4.3CH3.Hf.Sn.2H/c2*1-2-4-5-3-1;;;;;;;/h1-3H,4H2;1-2H,3H2;3*1H3;;;;/q2*-1;;;;;;2*-1. The number of hydrogen-bond acceptors (Lipinski definition) is 0. The van der Waals surface area contributed by atoms with Crippen molar-refractivity contribution < 1.29 is 28.7 Å². The zero-order chi connectivity index (χ0) is 10.4. The van der Waals surface area contributed by atoms with Crippen LogP contribution in [0, 0.1) is 12.2 Å². The van der Waals surface area contributed by atoms with Crippen LogP contribution >= 0.6 is 0 Å². The van der Waals surface area contributed by atoms with Crippen LogP contribution in [0.5, 0.6) is 0 Å². The minimum Gasteiger partial charge on any atom is -1.00 e. The van der Waals surface area contributed by atoms with Gasteiger partial charge in [0.1, 0.15) is 0 Å². The van der Waals surface area contributed by atoms with Crippen LogP contribution in [0.1, 0.15) is 15.7 Å². The van der Waals surface area contributed by atoms with E-state index in [9.17, 15) is 0 Å². The van der Waals surface area contributed by atoms with E-state index in [-0.39, 0.29) is 28.7 Å². The topological polar surface area (TPSA) is 0 Å². The van der Waals surface area contributed by atoms with Gasteiger partial charge in [-0.1, -0.05) is 0 Å². The molecule has 0 nitrogen and oxygen atoms in total. The Balaban J connectivity index is -0.000000216. The predicted octanol–water partition coefficient (Wildman–Crippen LogP) is 4.08. The molecular weight excluding hydrogens is 453 g/mol. The molecule has 84 valence electrons. The second-order valence-electron chi connectivity index (χ2n) is 4.45. The van der Waals surface area contributed by atoms with Crippen molar-refractivity contribution in [2.24, 2.45) is 0 Å². The molecule has 2 rings (SSSR count). The molecule has 0 aromatic heterocycles. The van der Waals surface area contributed by atoms with Crippen LogP contribution in [0.15, 0.2) is 34.0 Å². The maximum Gasteiger partial charge on any atom is 0 e. The first kappa shape index (κ1) is 15.6. The van der Waals surface area contributed by atoms with Gasteiger partial charge in [0.05, 0.1) is 0 Å². The molecule has 0 unspecified atom stereocenters. The maximum absolute atomic E-state index is 3.40. The SMILES string of the molecule is [C-]1=CC=CC1.[CH3][Sn]([CH3])([CH3])[C]1=[C-]CC=C1.[H-].[H-].[Hf]. The van der Waals surface area contributed by atoms with E-state index >= 15 is 0 Å². The Hall–Kier alpha value is 0.629. The van der Waals surface area contributed by atoms with E-state index in [2.05, 4.69) is 45.2 Å². The van der Waals surface area contributed by atoms with Crippen molar-refractivity contribution in [3.63, 3.8) is 0 Å². The van der Waals surface area contributed by atoms with Crippen molar-refractivity contribution in [2.75, 3.05) is 0 Å². The van der Waals surface area contributed by atoms with E-state index in [1.807, 2.05) is 12.2 Å². The molecule has 2 aliphatic carbocycles. The normalized spacial score (nSPS) is 16.9. The molecule has 15 heavy (non-hydrogen) atoms. The van der Waals surface area contributed by atoms with E-state index in [4.69, 9.17) is 0 Å². The number of hydrogen-bond donors (Lipinski definition) is 0. The van der Waals surface area contributed by atoms with Crippen LogP contribution in [0.2, 0.25) is 14.8 Å². The molecule has 0 aromatic rings. The van der Waals surface area contributed by atoms with Gasteiger partial charge in [-0.15, -0.1) is 6.42 Å². The number of rotatable bonds is 1. The molecule has 0 spiro atoms. The summed E-state index contributed by atoms with van der Waals surface area (Å²) in [6.07, 6.45) is 18.9. The van der Waals surface area contributed by atoms with Crippen molar-refractivity contribution in [1.82, 2.24) is 0 Å². The van der Waals surface area contributed by atoms with Crippen molar-refractivity contribution in [1.29, 1.82) is 0 Å². The van der Waals surface area contributed by atoms with Gasteiger partial charge in [-0.05, 0) is 0 Å². The fraction of sp³-hybridized carbons (Fsp3) is 0.385. The fourth-order valence-corrected chi connectivity index (χ4v) is 4.83. The largest absolute Gasteiger partial charge is 1.00 e. The molecule has 0 atom stereocenters. The van der Waals surface area contributed by atoms with E-state index < -0.39 is 18.4 Å². The van der Waals surface area contributed by atoms with Gasteiger partial charge in [0.2, 0.25) is 0 Å². The quantitative estimate of drug-likeness (QED) is 0.398. The first-order valence-corrected chi connectivity index (χ1v) is 15.1. The molecular formula is C13H20HfSn-4. The Morgan fingerprint density at radius 1 is 1.20 bits per heavy atom. The van der Waals surface area contributed by atoms with E-state index in [1.54, 1.807) is 3.59 Å². The summed E-state index contributed by atoms with van der Waals surface area (Å²) < 4.78 is 1.56. The smallest absolute Gasteiger partial charge is 0 e. The third-order valence-electron chi connectivity index (χ3n) is 2.09. The first-order chi connectivity index (χ1) is 6.61. The first-order valence-electron chi connectivity index (χ1n) is 5.10. The molecule has 0 amide bonds. The summed E-state index contributed by atoms with van der Waals surface area (Å²) in [4.78, 5) is 7.27. The minimum absolute atomic E-state index is 0. The molecule has 0 aliphatic heterocycles. The zero-order valence-electron chi connectivity index (χ0n) is 11.8. The third kappa shape index (κ3) is 6.72. The van der Waals surface area contributed by atoms with Gasteiger partial charge in [0.25, 0.3) is 0 Å². The molecule has 0 N–H and O–H groups in total. The molecule has 0 saturated carbocycles. The van der Waals surface area contributed by atoms with Crippen molar-refractivity contribution in [3.05, 3.63) is 46.1 Å².